The van der Waals surface area contributed by atoms with Crippen LogP contribution in [0.3, 0.4) is 0 Å². The second-order valence-corrected chi connectivity index (χ2v) is 4.83. The number of hydrogen-bond acceptors (Lipinski definition) is 4. The summed E-state index contributed by atoms with van der Waals surface area (Å²) in [6, 6.07) is 6.53. The molecule has 0 fully saturated rings. The van der Waals surface area contributed by atoms with Crippen LogP contribution in [0.2, 0.25) is 5.02 Å². The highest BCUT2D eigenvalue weighted by Crippen LogP contribution is 2.16. The summed E-state index contributed by atoms with van der Waals surface area (Å²) in [5.74, 6) is -0.298. The summed E-state index contributed by atoms with van der Waals surface area (Å²) in [5.41, 5.74) is 0.645. The van der Waals surface area contributed by atoms with Crippen molar-refractivity contribution in [2.75, 3.05) is 0 Å². The van der Waals surface area contributed by atoms with Crippen molar-refractivity contribution in [3.05, 3.63) is 57.4 Å². The molecule has 2 rings (SSSR count). The van der Waals surface area contributed by atoms with Crippen molar-refractivity contribution < 1.29 is 9.72 Å². The quantitative estimate of drug-likeness (QED) is 0.678. The Labute approximate surface area is 125 Å². The Balaban J connectivity index is 1.99. The molecule has 21 heavy (non-hydrogen) atoms. The highest BCUT2D eigenvalue weighted by Gasteiger charge is 2.18. The van der Waals surface area contributed by atoms with E-state index in [0.29, 0.717) is 5.02 Å². The number of halogens is 1. The number of amides is 1. The summed E-state index contributed by atoms with van der Waals surface area (Å²) in [4.78, 5) is 22.1. The van der Waals surface area contributed by atoms with Gasteiger partial charge in [-0.1, -0.05) is 29.8 Å². The lowest BCUT2D eigenvalue weighted by Crippen LogP contribution is -2.30. The fourth-order valence-electron chi connectivity index (χ4n) is 1.73. The van der Waals surface area contributed by atoms with Crippen LogP contribution < -0.4 is 5.32 Å². The van der Waals surface area contributed by atoms with Crippen LogP contribution in [0.4, 0.5) is 5.69 Å². The summed E-state index contributed by atoms with van der Waals surface area (Å²) in [6.45, 7) is 1.89. The van der Waals surface area contributed by atoms with Gasteiger partial charge in [0.2, 0.25) is 5.91 Å². The maximum Gasteiger partial charge on any atom is 0.307 e. The van der Waals surface area contributed by atoms with E-state index in [0.717, 1.165) is 11.8 Å². The molecule has 0 aliphatic rings. The standard InChI is InChI=1S/C13H13ClN4O3/c1-9(17-8-11(7-16-17)18(20)21)13(19)15-6-10-4-2-3-5-12(10)14/h2-5,7-9H,6H2,1H3,(H,15,19)/t9-/m0/s1. The first kappa shape index (κ1) is 15.0. The highest BCUT2D eigenvalue weighted by atomic mass is 35.5. The predicted molar refractivity (Wildman–Crippen MR) is 76.9 cm³/mol. The van der Waals surface area contributed by atoms with Gasteiger partial charge in [-0.3, -0.25) is 19.6 Å². The van der Waals surface area contributed by atoms with Gasteiger partial charge in [-0.2, -0.15) is 5.10 Å². The Bertz CT molecular complexity index is 671. The van der Waals surface area contributed by atoms with Crippen molar-refractivity contribution in [2.24, 2.45) is 0 Å². The SMILES string of the molecule is C[C@@H](C(=O)NCc1ccccc1Cl)n1cc([N+](=O)[O-])cn1. The molecule has 0 aliphatic heterocycles. The molecule has 1 N–H and O–H groups in total. The maximum atomic E-state index is 12.0. The minimum Gasteiger partial charge on any atom is -0.350 e. The summed E-state index contributed by atoms with van der Waals surface area (Å²) in [7, 11) is 0. The van der Waals surface area contributed by atoms with Crippen molar-refractivity contribution >= 4 is 23.2 Å². The van der Waals surface area contributed by atoms with Crippen LogP contribution in [0.25, 0.3) is 0 Å². The van der Waals surface area contributed by atoms with Crippen LogP contribution in [0, 0.1) is 10.1 Å². The maximum absolute atomic E-state index is 12.0. The van der Waals surface area contributed by atoms with Crippen molar-refractivity contribution in [3.8, 4) is 0 Å². The van der Waals surface area contributed by atoms with Crippen LogP contribution in [0.15, 0.2) is 36.7 Å². The Morgan fingerprint density at radius 1 is 1.52 bits per heavy atom. The summed E-state index contributed by atoms with van der Waals surface area (Å²) in [5, 5.41) is 17.7. The number of carbonyl (C=O) groups is 1. The minimum atomic E-state index is -0.652. The third kappa shape index (κ3) is 3.57. The molecule has 1 amide bonds. The second kappa shape index (κ2) is 6.36. The molecular formula is C13H13ClN4O3. The van der Waals surface area contributed by atoms with Crippen molar-refractivity contribution in [2.45, 2.75) is 19.5 Å². The van der Waals surface area contributed by atoms with E-state index in [1.165, 1.54) is 10.9 Å². The van der Waals surface area contributed by atoms with Gasteiger partial charge in [0.15, 0.2) is 0 Å². The Hall–Kier alpha value is -2.41. The van der Waals surface area contributed by atoms with Crippen LogP contribution in [0.1, 0.15) is 18.5 Å². The molecule has 8 heteroatoms. The van der Waals surface area contributed by atoms with Gasteiger partial charge in [0.05, 0.1) is 4.92 Å². The lowest BCUT2D eigenvalue weighted by molar-refractivity contribution is -0.385. The lowest BCUT2D eigenvalue weighted by atomic mass is 10.2. The van der Waals surface area contributed by atoms with E-state index in [1.54, 1.807) is 19.1 Å². The van der Waals surface area contributed by atoms with Crippen LogP contribution in [-0.4, -0.2) is 20.6 Å². The molecule has 1 aromatic heterocycles. The smallest absolute Gasteiger partial charge is 0.307 e. The zero-order valence-corrected chi connectivity index (χ0v) is 11.9. The predicted octanol–water partition coefficient (Wildman–Crippen LogP) is 2.32. The number of benzene rings is 1. The third-order valence-corrected chi connectivity index (χ3v) is 3.35. The summed E-state index contributed by atoms with van der Waals surface area (Å²) < 4.78 is 1.25. The lowest BCUT2D eigenvalue weighted by Gasteiger charge is -2.12. The van der Waals surface area contributed by atoms with Gasteiger partial charge in [-0.05, 0) is 18.6 Å². The first-order valence-electron chi connectivity index (χ1n) is 6.18. The van der Waals surface area contributed by atoms with E-state index in [-0.39, 0.29) is 18.1 Å². The first-order chi connectivity index (χ1) is 9.99. The highest BCUT2D eigenvalue weighted by molar-refractivity contribution is 6.31. The molecule has 7 nitrogen and oxygen atoms in total. The molecule has 1 aromatic carbocycles. The number of rotatable bonds is 5. The Kier molecular flexibility index (Phi) is 4.54. The van der Waals surface area contributed by atoms with E-state index < -0.39 is 11.0 Å². The molecule has 2 aromatic rings. The molecule has 0 radical (unpaired) electrons. The molecule has 1 heterocycles. The topological polar surface area (TPSA) is 90.1 Å². The van der Waals surface area contributed by atoms with Crippen molar-refractivity contribution in [1.29, 1.82) is 0 Å². The molecule has 0 aliphatic carbocycles. The molecule has 0 unspecified atom stereocenters. The van der Waals surface area contributed by atoms with E-state index >= 15 is 0 Å². The zero-order valence-electron chi connectivity index (χ0n) is 11.2. The Morgan fingerprint density at radius 3 is 2.86 bits per heavy atom. The van der Waals surface area contributed by atoms with Gasteiger partial charge >= 0.3 is 5.69 Å². The number of carbonyl (C=O) groups excluding carboxylic acids is 1. The molecule has 1 atom stereocenters. The van der Waals surface area contributed by atoms with Crippen molar-refractivity contribution in [1.82, 2.24) is 15.1 Å². The van der Waals surface area contributed by atoms with Gasteiger partial charge in [0.25, 0.3) is 0 Å². The molecular weight excluding hydrogens is 296 g/mol. The normalized spacial score (nSPS) is 11.9. The number of nitro groups is 1. The van der Waals surface area contributed by atoms with Crippen LogP contribution in [0.5, 0.6) is 0 Å². The third-order valence-electron chi connectivity index (χ3n) is 2.99. The molecule has 0 spiro atoms. The first-order valence-corrected chi connectivity index (χ1v) is 6.56. The second-order valence-electron chi connectivity index (χ2n) is 4.42. The fraction of sp³-hybridized carbons (Fsp3) is 0.231. The van der Waals surface area contributed by atoms with Crippen LogP contribution in [-0.2, 0) is 11.3 Å². The fourth-order valence-corrected chi connectivity index (χ4v) is 1.93. The number of nitrogens with zero attached hydrogens (tertiary/aromatic N) is 3. The molecule has 0 saturated carbocycles. The average Bonchev–Trinajstić information content (AvgIpc) is 2.95. The number of hydrogen-bond donors (Lipinski definition) is 1. The monoisotopic (exact) mass is 308 g/mol. The summed E-state index contributed by atoms with van der Waals surface area (Å²) in [6.07, 6.45) is 2.33. The van der Waals surface area contributed by atoms with Gasteiger partial charge in [0, 0.05) is 11.6 Å². The number of aromatic nitrogens is 2. The Morgan fingerprint density at radius 2 is 2.24 bits per heavy atom. The summed E-state index contributed by atoms with van der Waals surface area (Å²) >= 11 is 6.00. The van der Waals surface area contributed by atoms with Gasteiger partial charge in [-0.25, -0.2) is 0 Å². The molecule has 0 saturated heterocycles. The van der Waals surface area contributed by atoms with Gasteiger partial charge in [0.1, 0.15) is 18.4 Å². The number of nitrogens with one attached hydrogen (secondary N) is 1. The van der Waals surface area contributed by atoms with E-state index in [9.17, 15) is 14.9 Å². The zero-order chi connectivity index (χ0) is 15.4. The molecule has 0 bridgehead atoms. The van der Waals surface area contributed by atoms with Crippen LogP contribution >= 0.6 is 11.6 Å². The average molecular weight is 309 g/mol. The minimum absolute atomic E-state index is 0.152. The van der Waals surface area contributed by atoms with Gasteiger partial charge in [-0.15, -0.1) is 0 Å². The molecule has 110 valence electrons. The van der Waals surface area contributed by atoms with Gasteiger partial charge < -0.3 is 5.32 Å². The van der Waals surface area contributed by atoms with Crippen molar-refractivity contribution in [3.63, 3.8) is 0 Å². The van der Waals surface area contributed by atoms with E-state index in [4.69, 9.17) is 11.6 Å². The largest absolute Gasteiger partial charge is 0.350 e. The van der Waals surface area contributed by atoms with E-state index in [1.807, 2.05) is 12.1 Å². The van der Waals surface area contributed by atoms with E-state index in [2.05, 4.69) is 10.4 Å².